The van der Waals surface area contributed by atoms with Gasteiger partial charge in [0.2, 0.25) is 5.91 Å². The van der Waals surface area contributed by atoms with Crippen LogP contribution in [0.2, 0.25) is 0 Å². The fourth-order valence-electron chi connectivity index (χ4n) is 0.985. The predicted molar refractivity (Wildman–Crippen MR) is 63.2 cm³/mol. The first kappa shape index (κ1) is 15.3. The van der Waals surface area contributed by atoms with Gasteiger partial charge in [-0.1, -0.05) is 13.8 Å². The van der Waals surface area contributed by atoms with Crippen molar-refractivity contribution in [3.63, 3.8) is 0 Å². The summed E-state index contributed by atoms with van der Waals surface area (Å²) in [6.07, 6.45) is 0. The molecule has 0 saturated carbocycles. The highest BCUT2D eigenvalue weighted by atomic mass is 16.5. The molecule has 1 atom stereocenters. The Morgan fingerprint density at radius 1 is 1.31 bits per heavy atom. The van der Waals surface area contributed by atoms with Gasteiger partial charge in [-0.2, -0.15) is 0 Å². The second-order valence-corrected chi connectivity index (χ2v) is 4.11. The molecule has 5 nitrogen and oxygen atoms in total. The highest BCUT2D eigenvalue weighted by molar-refractivity contribution is 5.78. The van der Waals surface area contributed by atoms with E-state index in [1.54, 1.807) is 0 Å². The average molecular weight is 232 g/mol. The number of nitrogens with one attached hydrogen (secondary N) is 2. The quantitative estimate of drug-likeness (QED) is 0.479. The molecule has 5 heteroatoms. The molecule has 0 saturated heterocycles. The molecule has 96 valence electrons. The van der Waals surface area contributed by atoms with Crippen molar-refractivity contribution in [2.75, 3.05) is 32.9 Å². The summed E-state index contributed by atoms with van der Waals surface area (Å²) in [6, 6.07) is 0.194. The zero-order chi connectivity index (χ0) is 12.4. The Bertz CT molecular complexity index is 186. The lowest BCUT2D eigenvalue weighted by molar-refractivity contribution is -0.121. The second-order valence-electron chi connectivity index (χ2n) is 4.11. The molecule has 16 heavy (non-hydrogen) atoms. The molecule has 0 aliphatic heterocycles. The molecular formula is C11H24N2O3. The molecule has 1 amide bonds. The van der Waals surface area contributed by atoms with Crippen molar-refractivity contribution in [1.29, 1.82) is 0 Å². The summed E-state index contributed by atoms with van der Waals surface area (Å²) in [5, 5.41) is 14.3. The highest BCUT2D eigenvalue weighted by Gasteiger charge is 2.09. The zero-order valence-electron chi connectivity index (χ0n) is 10.5. The first-order valence-electron chi connectivity index (χ1n) is 5.76. The van der Waals surface area contributed by atoms with Crippen molar-refractivity contribution >= 4 is 5.91 Å². The maximum Gasteiger partial charge on any atom is 0.234 e. The first-order chi connectivity index (χ1) is 7.57. The van der Waals surface area contributed by atoms with Gasteiger partial charge in [-0.25, -0.2) is 0 Å². The molecule has 0 heterocycles. The maximum absolute atomic E-state index is 11.4. The lowest BCUT2D eigenvalue weighted by Gasteiger charge is -2.17. The average Bonchev–Trinajstić information content (AvgIpc) is 2.23. The number of aliphatic hydroxyl groups is 1. The smallest absolute Gasteiger partial charge is 0.234 e. The molecule has 0 aliphatic carbocycles. The molecular weight excluding hydrogens is 208 g/mol. The minimum absolute atomic E-state index is 0.00311. The van der Waals surface area contributed by atoms with Crippen LogP contribution in [0.4, 0.5) is 0 Å². The van der Waals surface area contributed by atoms with E-state index in [2.05, 4.69) is 24.5 Å². The van der Waals surface area contributed by atoms with Gasteiger partial charge in [0.05, 0.1) is 26.4 Å². The van der Waals surface area contributed by atoms with Gasteiger partial charge >= 0.3 is 0 Å². The fourth-order valence-corrected chi connectivity index (χ4v) is 0.985. The topological polar surface area (TPSA) is 70.6 Å². The maximum atomic E-state index is 11.4. The number of hydrogen-bond acceptors (Lipinski definition) is 4. The van der Waals surface area contributed by atoms with Crippen molar-refractivity contribution in [2.24, 2.45) is 5.92 Å². The van der Waals surface area contributed by atoms with Gasteiger partial charge in [-0.3, -0.25) is 4.79 Å². The van der Waals surface area contributed by atoms with E-state index in [0.717, 1.165) is 0 Å². The summed E-state index contributed by atoms with van der Waals surface area (Å²) in [6.45, 7) is 7.94. The van der Waals surface area contributed by atoms with Gasteiger partial charge in [0.1, 0.15) is 0 Å². The van der Waals surface area contributed by atoms with Gasteiger partial charge in [-0.05, 0) is 12.8 Å². The van der Waals surface area contributed by atoms with E-state index in [1.165, 1.54) is 0 Å². The van der Waals surface area contributed by atoms with Crippen molar-refractivity contribution in [3.05, 3.63) is 0 Å². The van der Waals surface area contributed by atoms with Crippen LogP contribution in [0.1, 0.15) is 20.8 Å². The van der Waals surface area contributed by atoms with Gasteiger partial charge in [-0.15, -0.1) is 0 Å². The lowest BCUT2D eigenvalue weighted by Crippen LogP contribution is -2.41. The third-order valence-corrected chi connectivity index (χ3v) is 2.33. The summed E-state index contributed by atoms with van der Waals surface area (Å²) >= 11 is 0. The lowest BCUT2D eigenvalue weighted by atomic mass is 10.1. The third kappa shape index (κ3) is 8.64. The first-order valence-corrected chi connectivity index (χ1v) is 5.76. The fraction of sp³-hybridized carbons (Fsp3) is 0.909. The Kier molecular flexibility index (Phi) is 9.18. The molecule has 0 aromatic rings. The second kappa shape index (κ2) is 9.57. The van der Waals surface area contributed by atoms with Crippen molar-refractivity contribution in [2.45, 2.75) is 26.8 Å². The van der Waals surface area contributed by atoms with Crippen LogP contribution in [-0.2, 0) is 9.53 Å². The van der Waals surface area contributed by atoms with Gasteiger partial charge < -0.3 is 20.5 Å². The number of ether oxygens (including phenoxy) is 1. The summed E-state index contributed by atoms with van der Waals surface area (Å²) in [7, 11) is 0. The van der Waals surface area contributed by atoms with E-state index in [9.17, 15) is 4.79 Å². The molecule has 3 N–H and O–H groups in total. The summed E-state index contributed by atoms with van der Waals surface area (Å²) in [5.74, 6) is 0.445. The Hall–Kier alpha value is -0.650. The van der Waals surface area contributed by atoms with Crippen molar-refractivity contribution < 1.29 is 14.6 Å². The van der Waals surface area contributed by atoms with E-state index in [1.807, 2.05) is 6.92 Å². The Morgan fingerprint density at radius 2 is 2.00 bits per heavy atom. The molecule has 0 aromatic heterocycles. The van der Waals surface area contributed by atoms with Crippen LogP contribution >= 0.6 is 0 Å². The van der Waals surface area contributed by atoms with E-state index < -0.39 is 0 Å². The molecule has 0 bridgehead atoms. The van der Waals surface area contributed by atoms with Crippen LogP contribution in [0.25, 0.3) is 0 Å². The molecule has 0 radical (unpaired) electrons. The molecule has 0 fully saturated rings. The Morgan fingerprint density at radius 3 is 2.56 bits per heavy atom. The van der Waals surface area contributed by atoms with E-state index in [-0.39, 0.29) is 18.6 Å². The van der Waals surface area contributed by atoms with Gasteiger partial charge in [0, 0.05) is 12.6 Å². The SMILES string of the molecule is CC(C)C(C)NC(=O)CNCCOCCO. The van der Waals surface area contributed by atoms with Crippen molar-refractivity contribution in [1.82, 2.24) is 10.6 Å². The standard InChI is InChI=1S/C11H24N2O3/c1-9(2)10(3)13-11(15)8-12-4-6-16-7-5-14/h9-10,12,14H,4-8H2,1-3H3,(H,13,15). The van der Waals surface area contributed by atoms with Crippen LogP contribution in [0.3, 0.4) is 0 Å². The van der Waals surface area contributed by atoms with Crippen LogP contribution in [0, 0.1) is 5.92 Å². The summed E-state index contributed by atoms with van der Waals surface area (Å²) < 4.78 is 5.04. The van der Waals surface area contributed by atoms with Gasteiger partial charge in [0.25, 0.3) is 0 Å². The predicted octanol–water partition coefficient (Wildman–Crippen LogP) is -0.254. The highest BCUT2D eigenvalue weighted by Crippen LogP contribution is 1.98. The van der Waals surface area contributed by atoms with Crippen LogP contribution < -0.4 is 10.6 Å². The normalized spacial score (nSPS) is 12.8. The number of rotatable bonds is 9. The minimum atomic E-state index is 0.00311. The summed E-state index contributed by atoms with van der Waals surface area (Å²) in [4.78, 5) is 11.4. The number of amides is 1. The van der Waals surface area contributed by atoms with Crippen LogP contribution in [0.15, 0.2) is 0 Å². The molecule has 1 unspecified atom stereocenters. The molecule has 0 spiro atoms. The number of aliphatic hydroxyl groups excluding tert-OH is 1. The minimum Gasteiger partial charge on any atom is -0.394 e. The molecule has 0 rings (SSSR count). The van der Waals surface area contributed by atoms with E-state index in [0.29, 0.717) is 32.2 Å². The molecule has 0 aliphatic rings. The van der Waals surface area contributed by atoms with Crippen LogP contribution in [0.5, 0.6) is 0 Å². The Labute approximate surface area is 97.6 Å². The van der Waals surface area contributed by atoms with E-state index in [4.69, 9.17) is 9.84 Å². The number of hydrogen-bond donors (Lipinski definition) is 3. The van der Waals surface area contributed by atoms with E-state index >= 15 is 0 Å². The molecule has 0 aromatic carbocycles. The van der Waals surface area contributed by atoms with Crippen molar-refractivity contribution in [3.8, 4) is 0 Å². The monoisotopic (exact) mass is 232 g/mol. The third-order valence-electron chi connectivity index (χ3n) is 2.33. The van der Waals surface area contributed by atoms with Crippen LogP contribution in [-0.4, -0.2) is 50.0 Å². The number of carbonyl (C=O) groups is 1. The zero-order valence-corrected chi connectivity index (χ0v) is 10.5. The largest absolute Gasteiger partial charge is 0.394 e. The number of carbonyl (C=O) groups excluding carboxylic acids is 1. The summed E-state index contributed by atoms with van der Waals surface area (Å²) in [5.41, 5.74) is 0. The Balaban J connectivity index is 3.37. The van der Waals surface area contributed by atoms with Gasteiger partial charge in [0.15, 0.2) is 0 Å².